The molecule has 452 valence electrons. The largest absolute Gasteiger partial charge is 0.394 e. The zero-order valence-electron chi connectivity index (χ0n) is 48.6. The van der Waals surface area contributed by atoms with Crippen LogP contribution in [0.5, 0.6) is 0 Å². The number of aliphatic hydroxyl groups excluding tert-OH is 8. The molecule has 0 spiro atoms. The summed E-state index contributed by atoms with van der Waals surface area (Å²) in [6, 6.07) is -0.949. The van der Waals surface area contributed by atoms with E-state index in [0.29, 0.717) is 12.8 Å². The van der Waals surface area contributed by atoms with Gasteiger partial charge in [-0.25, -0.2) is 0 Å². The van der Waals surface area contributed by atoms with Gasteiger partial charge in [0.25, 0.3) is 0 Å². The minimum absolute atomic E-state index is 0.252. The van der Waals surface area contributed by atoms with Gasteiger partial charge >= 0.3 is 0 Å². The maximum Gasteiger partial charge on any atom is 0.220 e. The molecule has 2 rings (SSSR count). The number of ether oxygens (including phenoxy) is 4. The van der Waals surface area contributed by atoms with Gasteiger partial charge in [-0.15, -0.1) is 0 Å². The van der Waals surface area contributed by atoms with Crippen LogP contribution in [-0.4, -0.2) is 140 Å². The Morgan fingerprint density at radius 1 is 0.462 bits per heavy atom. The van der Waals surface area contributed by atoms with E-state index in [4.69, 9.17) is 18.9 Å². The molecule has 0 radical (unpaired) electrons. The fourth-order valence-corrected chi connectivity index (χ4v) is 9.80. The van der Waals surface area contributed by atoms with Crippen LogP contribution in [0.1, 0.15) is 232 Å². The molecule has 2 aliphatic rings. The van der Waals surface area contributed by atoms with Gasteiger partial charge in [0.1, 0.15) is 48.8 Å². The first kappa shape index (κ1) is 71.5. The van der Waals surface area contributed by atoms with Gasteiger partial charge in [0.15, 0.2) is 12.6 Å². The summed E-state index contributed by atoms with van der Waals surface area (Å²) >= 11 is 0. The summed E-state index contributed by atoms with van der Waals surface area (Å²) in [6.07, 6.45) is 47.9. The van der Waals surface area contributed by atoms with Crippen LogP contribution in [0.3, 0.4) is 0 Å². The van der Waals surface area contributed by atoms with Crippen LogP contribution in [0.25, 0.3) is 0 Å². The highest BCUT2D eigenvalue weighted by atomic mass is 16.7. The predicted molar refractivity (Wildman–Crippen MR) is 313 cm³/mol. The second kappa shape index (κ2) is 49.1. The van der Waals surface area contributed by atoms with Crippen molar-refractivity contribution in [3.63, 3.8) is 0 Å². The van der Waals surface area contributed by atoms with E-state index in [9.17, 15) is 45.6 Å². The number of amides is 1. The van der Waals surface area contributed by atoms with E-state index in [0.717, 1.165) is 77.0 Å². The first-order valence-electron chi connectivity index (χ1n) is 31.2. The average molecular weight is 1100 g/mol. The summed E-state index contributed by atoms with van der Waals surface area (Å²) in [6.45, 7) is 2.76. The highest BCUT2D eigenvalue weighted by Gasteiger charge is 2.51. The topological polar surface area (TPSA) is 228 Å². The van der Waals surface area contributed by atoms with E-state index in [1.807, 2.05) is 6.08 Å². The van der Waals surface area contributed by atoms with E-state index in [2.05, 4.69) is 79.9 Å². The number of hydrogen-bond acceptors (Lipinski definition) is 13. The molecule has 1 amide bonds. The van der Waals surface area contributed by atoms with Crippen molar-refractivity contribution in [1.29, 1.82) is 0 Å². The number of nitrogens with one attached hydrogen (secondary N) is 1. The summed E-state index contributed by atoms with van der Waals surface area (Å²) in [5, 5.41) is 87.1. The zero-order valence-corrected chi connectivity index (χ0v) is 48.6. The highest BCUT2D eigenvalue weighted by molar-refractivity contribution is 5.76. The summed E-state index contributed by atoms with van der Waals surface area (Å²) in [5.41, 5.74) is 0. The summed E-state index contributed by atoms with van der Waals surface area (Å²) in [7, 11) is 0. The lowest BCUT2D eigenvalue weighted by Gasteiger charge is -2.46. The lowest BCUT2D eigenvalue weighted by atomic mass is 9.97. The van der Waals surface area contributed by atoms with E-state index >= 15 is 0 Å². The van der Waals surface area contributed by atoms with Crippen LogP contribution in [0.15, 0.2) is 72.9 Å². The van der Waals surface area contributed by atoms with Crippen molar-refractivity contribution in [3.05, 3.63) is 72.9 Å². The molecule has 14 nitrogen and oxygen atoms in total. The van der Waals surface area contributed by atoms with Crippen molar-refractivity contribution in [2.75, 3.05) is 19.8 Å². The van der Waals surface area contributed by atoms with Crippen molar-refractivity contribution >= 4 is 5.91 Å². The Morgan fingerprint density at radius 2 is 0.859 bits per heavy atom. The van der Waals surface area contributed by atoms with Crippen LogP contribution in [0.4, 0.5) is 0 Å². The second-order valence-electron chi connectivity index (χ2n) is 21.8. The van der Waals surface area contributed by atoms with E-state index in [1.165, 1.54) is 122 Å². The molecule has 0 aromatic heterocycles. The molecule has 0 bridgehead atoms. The summed E-state index contributed by atoms with van der Waals surface area (Å²) in [4.78, 5) is 13.3. The summed E-state index contributed by atoms with van der Waals surface area (Å²) < 4.78 is 22.8. The normalized spacial score (nSPS) is 25.1. The number of carbonyl (C=O) groups is 1. The van der Waals surface area contributed by atoms with Gasteiger partial charge in [-0.05, 0) is 83.5 Å². The molecule has 9 N–H and O–H groups in total. The molecular weight excluding hydrogens is 991 g/mol. The molecule has 2 saturated heterocycles. The van der Waals surface area contributed by atoms with Gasteiger partial charge in [0.2, 0.25) is 5.91 Å². The van der Waals surface area contributed by atoms with E-state index < -0.39 is 86.8 Å². The average Bonchev–Trinajstić information content (AvgIpc) is 3.48. The van der Waals surface area contributed by atoms with Gasteiger partial charge in [-0.2, -0.15) is 0 Å². The number of carbonyl (C=O) groups excluding carboxylic acids is 1. The lowest BCUT2D eigenvalue weighted by molar-refractivity contribution is -0.359. The minimum atomic E-state index is -1.80. The Morgan fingerprint density at radius 3 is 1.35 bits per heavy atom. The lowest BCUT2D eigenvalue weighted by Crippen LogP contribution is -2.65. The standard InChI is InChI=1S/C64H113NO13/c1-3-5-7-9-11-13-15-17-19-21-23-25-26-28-29-31-33-35-37-39-41-43-45-47-53(68)52(51-75-63-61(74)59(72)62(55(50-67)77-63)78-64-60(73)58(71)57(70)54(49-66)76-64)65-56(69)48-46-44-42-40-38-36-34-32-30-27-24-22-20-18-16-14-12-10-8-6-4-2/h16,18,22,24,29-32,37,39,45,47,52-55,57-64,66-68,70-74H,3-15,17,19-21,23,25-28,33-36,38,40-44,46,48-51H2,1-2H3,(H,65,69)/b18-16-,24-22-,31-29+,32-30-,39-37+,47-45+. The smallest absolute Gasteiger partial charge is 0.220 e. The van der Waals surface area contributed by atoms with E-state index in [-0.39, 0.29) is 18.9 Å². The van der Waals surface area contributed by atoms with Crippen molar-refractivity contribution in [2.45, 2.75) is 306 Å². The molecule has 2 fully saturated rings. The first-order valence-corrected chi connectivity index (χ1v) is 31.2. The number of rotatable bonds is 49. The highest BCUT2D eigenvalue weighted by Crippen LogP contribution is 2.30. The van der Waals surface area contributed by atoms with Gasteiger partial charge in [0.05, 0.1) is 32.0 Å². The summed E-state index contributed by atoms with van der Waals surface area (Å²) in [5.74, 6) is -0.267. The van der Waals surface area contributed by atoms with Crippen LogP contribution in [0.2, 0.25) is 0 Å². The Balaban J connectivity index is 1.79. The monoisotopic (exact) mass is 1100 g/mol. The van der Waals surface area contributed by atoms with E-state index in [1.54, 1.807) is 6.08 Å². The van der Waals surface area contributed by atoms with Gasteiger partial charge in [-0.3, -0.25) is 4.79 Å². The van der Waals surface area contributed by atoms with Crippen molar-refractivity contribution in [2.24, 2.45) is 0 Å². The van der Waals surface area contributed by atoms with Crippen LogP contribution < -0.4 is 5.32 Å². The Bertz CT molecular complexity index is 1580. The maximum absolute atomic E-state index is 13.3. The maximum atomic E-state index is 13.3. The SMILES string of the molecule is CCCCCCC/C=C\C/C=C\C/C=C\CCCCCCCCC(=O)NC(COC1OC(CO)C(OC2OC(CO)C(O)C(O)C2O)C(O)C1O)C(O)/C=C/CC/C=C/CC/C=C/CCCCCCCCCCCCCCC. The van der Waals surface area contributed by atoms with Gasteiger partial charge < -0.3 is 65.1 Å². The number of aliphatic hydroxyl groups is 8. The van der Waals surface area contributed by atoms with Gasteiger partial charge in [0, 0.05) is 6.42 Å². The molecule has 12 atom stereocenters. The molecule has 0 aliphatic carbocycles. The first-order chi connectivity index (χ1) is 38.1. The number of unbranched alkanes of at least 4 members (excludes halogenated alkanes) is 26. The van der Waals surface area contributed by atoms with Crippen molar-refractivity contribution < 1.29 is 64.6 Å². The third kappa shape index (κ3) is 34.0. The van der Waals surface area contributed by atoms with Crippen molar-refractivity contribution in [1.82, 2.24) is 5.32 Å². The van der Waals surface area contributed by atoms with Crippen LogP contribution in [0, 0.1) is 0 Å². The number of allylic oxidation sites excluding steroid dienone is 11. The molecule has 78 heavy (non-hydrogen) atoms. The Hall–Kier alpha value is -2.57. The van der Waals surface area contributed by atoms with Gasteiger partial charge in [-0.1, -0.05) is 215 Å². The third-order valence-corrected chi connectivity index (χ3v) is 14.8. The fourth-order valence-electron chi connectivity index (χ4n) is 9.80. The molecule has 2 aliphatic heterocycles. The number of hydrogen-bond donors (Lipinski definition) is 9. The molecular formula is C64H113NO13. The zero-order chi connectivity index (χ0) is 56.7. The quantitative estimate of drug-likeness (QED) is 0.0204. The van der Waals surface area contributed by atoms with Crippen LogP contribution in [-0.2, 0) is 23.7 Å². The van der Waals surface area contributed by atoms with Crippen LogP contribution >= 0.6 is 0 Å². The Kier molecular flexibility index (Phi) is 45.0. The third-order valence-electron chi connectivity index (χ3n) is 14.8. The molecule has 14 heteroatoms. The molecule has 0 saturated carbocycles. The van der Waals surface area contributed by atoms with Crippen molar-refractivity contribution in [3.8, 4) is 0 Å². The predicted octanol–water partition coefficient (Wildman–Crippen LogP) is 11.1. The second-order valence-corrected chi connectivity index (χ2v) is 21.8. The molecule has 2 heterocycles. The minimum Gasteiger partial charge on any atom is -0.394 e. The molecule has 12 unspecified atom stereocenters. The Labute approximate surface area is 472 Å². The molecule has 0 aromatic rings. The fraction of sp³-hybridized carbons (Fsp3) is 0.797. The molecule has 0 aromatic carbocycles.